The van der Waals surface area contributed by atoms with Gasteiger partial charge in [-0.2, -0.15) is 0 Å². The first-order valence-corrected chi connectivity index (χ1v) is 8.87. The quantitative estimate of drug-likeness (QED) is 0.651. The van der Waals surface area contributed by atoms with Crippen LogP contribution in [0.5, 0.6) is 5.75 Å². The van der Waals surface area contributed by atoms with Crippen LogP contribution in [0.1, 0.15) is 28.4 Å². The van der Waals surface area contributed by atoms with Gasteiger partial charge in [-0.05, 0) is 54.8 Å². The Morgan fingerprint density at radius 3 is 2.67 bits per heavy atom. The number of aromatic nitrogens is 1. The molecule has 5 nitrogen and oxygen atoms in total. The molecule has 1 amide bonds. The van der Waals surface area contributed by atoms with Crippen LogP contribution in [0.2, 0.25) is 0 Å². The molecule has 0 fully saturated rings. The molecule has 1 heterocycles. The Morgan fingerprint density at radius 2 is 1.89 bits per heavy atom. The van der Waals surface area contributed by atoms with Crippen molar-refractivity contribution in [3.8, 4) is 5.75 Å². The van der Waals surface area contributed by atoms with Crippen LogP contribution in [-0.2, 0) is 6.42 Å². The Labute approximate surface area is 159 Å². The number of methoxy groups -OCH3 is 1. The molecule has 3 rings (SSSR count). The summed E-state index contributed by atoms with van der Waals surface area (Å²) in [7, 11) is 1.62. The molecule has 2 aromatic carbocycles. The Bertz CT molecular complexity index is 954. The number of nitrogens with one attached hydrogen (secondary N) is 2. The summed E-state index contributed by atoms with van der Waals surface area (Å²) in [6, 6.07) is 17.1. The molecule has 2 N–H and O–H groups in total. The zero-order valence-corrected chi connectivity index (χ0v) is 15.7. The van der Waals surface area contributed by atoms with Crippen LogP contribution in [0.15, 0.2) is 60.8 Å². The molecule has 3 aromatic rings. The number of para-hydroxylation sites is 1. The topological polar surface area (TPSA) is 63.2 Å². The molecule has 0 spiro atoms. The maximum Gasteiger partial charge on any atom is 0.255 e. The number of pyridine rings is 1. The average molecular weight is 361 g/mol. The summed E-state index contributed by atoms with van der Waals surface area (Å²) in [5, 5.41) is 6.21. The smallest absolute Gasteiger partial charge is 0.255 e. The van der Waals surface area contributed by atoms with Gasteiger partial charge in [0.1, 0.15) is 11.6 Å². The monoisotopic (exact) mass is 361 g/mol. The van der Waals surface area contributed by atoms with Crippen molar-refractivity contribution in [2.45, 2.75) is 20.3 Å². The van der Waals surface area contributed by atoms with Crippen LogP contribution >= 0.6 is 0 Å². The zero-order valence-electron chi connectivity index (χ0n) is 15.7. The van der Waals surface area contributed by atoms with E-state index in [1.165, 1.54) is 0 Å². The minimum absolute atomic E-state index is 0.169. The van der Waals surface area contributed by atoms with Crippen LogP contribution in [0, 0.1) is 6.92 Å². The Hall–Kier alpha value is -3.34. The predicted octanol–water partition coefficient (Wildman–Crippen LogP) is 4.96. The molecule has 0 saturated heterocycles. The van der Waals surface area contributed by atoms with Crippen molar-refractivity contribution in [1.82, 2.24) is 4.98 Å². The molecule has 0 unspecified atom stereocenters. The molecule has 0 radical (unpaired) electrons. The molecule has 0 saturated carbocycles. The van der Waals surface area contributed by atoms with Gasteiger partial charge in [0.05, 0.1) is 12.8 Å². The number of hydrogen-bond donors (Lipinski definition) is 2. The van der Waals surface area contributed by atoms with Crippen LogP contribution in [0.4, 0.5) is 17.2 Å². The third kappa shape index (κ3) is 4.44. The molecule has 27 heavy (non-hydrogen) atoms. The van der Waals surface area contributed by atoms with Crippen molar-refractivity contribution in [3.63, 3.8) is 0 Å². The van der Waals surface area contributed by atoms with Crippen molar-refractivity contribution in [2.75, 3.05) is 17.7 Å². The summed E-state index contributed by atoms with van der Waals surface area (Å²) in [6.45, 7) is 4.07. The Morgan fingerprint density at radius 1 is 1.07 bits per heavy atom. The van der Waals surface area contributed by atoms with Gasteiger partial charge in [-0.3, -0.25) is 4.79 Å². The average Bonchev–Trinajstić information content (AvgIpc) is 2.69. The first-order valence-electron chi connectivity index (χ1n) is 8.87. The van der Waals surface area contributed by atoms with E-state index in [2.05, 4.69) is 22.5 Å². The molecule has 0 aliphatic carbocycles. The summed E-state index contributed by atoms with van der Waals surface area (Å²) < 4.78 is 5.39. The van der Waals surface area contributed by atoms with E-state index in [1.807, 2.05) is 49.4 Å². The number of aryl methyl sites for hydroxylation is 2. The van der Waals surface area contributed by atoms with E-state index >= 15 is 0 Å². The van der Waals surface area contributed by atoms with Crippen molar-refractivity contribution in [2.24, 2.45) is 0 Å². The standard InChI is InChI=1S/C22H23N3O2/c1-4-16-7-5-6-8-18(16)25-22(26)17-11-12-23-21(14-17)24-19-13-15(2)9-10-20(19)27-3/h5-14H,4H2,1-3H3,(H,23,24)(H,25,26). The van der Waals surface area contributed by atoms with Crippen LogP contribution in [0.3, 0.4) is 0 Å². The van der Waals surface area contributed by atoms with Crippen molar-refractivity contribution < 1.29 is 9.53 Å². The Balaban J connectivity index is 1.81. The highest BCUT2D eigenvalue weighted by Gasteiger charge is 2.11. The lowest BCUT2D eigenvalue weighted by Gasteiger charge is -2.13. The lowest BCUT2D eigenvalue weighted by atomic mass is 10.1. The highest BCUT2D eigenvalue weighted by molar-refractivity contribution is 6.05. The van der Waals surface area contributed by atoms with Crippen LogP contribution in [-0.4, -0.2) is 18.0 Å². The van der Waals surface area contributed by atoms with E-state index in [9.17, 15) is 4.79 Å². The van der Waals surface area contributed by atoms with Gasteiger partial charge in [-0.1, -0.05) is 31.2 Å². The van der Waals surface area contributed by atoms with Gasteiger partial charge < -0.3 is 15.4 Å². The fourth-order valence-electron chi connectivity index (χ4n) is 2.84. The van der Waals surface area contributed by atoms with E-state index in [0.29, 0.717) is 17.1 Å². The first-order chi connectivity index (χ1) is 13.1. The lowest BCUT2D eigenvalue weighted by Crippen LogP contribution is -2.13. The maximum absolute atomic E-state index is 12.7. The van der Waals surface area contributed by atoms with Gasteiger partial charge in [0, 0.05) is 17.4 Å². The molecule has 5 heteroatoms. The molecule has 0 aliphatic heterocycles. The molecule has 0 atom stereocenters. The number of carbonyl (C=O) groups excluding carboxylic acids is 1. The highest BCUT2D eigenvalue weighted by Crippen LogP contribution is 2.28. The number of amides is 1. The summed E-state index contributed by atoms with van der Waals surface area (Å²) in [4.78, 5) is 17.0. The number of benzene rings is 2. The van der Waals surface area contributed by atoms with E-state index < -0.39 is 0 Å². The number of anilines is 3. The van der Waals surface area contributed by atoms with E-state index in [0.717, 1.165) is 28.9 Å². The number of carbonyl (C=O) groups is 1. The minimum Gasteiger partial charge on any atom is -0.495 e. The van der Waals surface area contributed by atoms with E-state index in [1.54, 1.807) is 25.4 Å². The van der Waals surface area contributed by atoms with Gasteiger partial charge in [-0.15, -0.1) is 0 Å². The molecular formula is C22H23N3O2. The normalized spacial score (nSPS) is 10.3. The summed E-state index contributed by atoms with van der Waals surface area (Å²) >= 11 is 0. The van der Waals surface area contributed by atoms with Gasteiger partial charge in [0.25, 0.3) is 5.91 Å². The zero-order chi connectivity index (χ0) is 19.2. The van der Waals surface area contributed by atoms with Crippen molar-refractivity contribution in [1.29, 1.82) is 0 Å². The number of hydrogen-bond acceptors (Lipinski definition) is 4. The number of rotatable bonds is 6. The molecule has 138 valence electrons. The summed E-state index contributed by atoms with van der Waals surface area (Å²) in [5.74, 6) is 1.13. The largest absolute Gasteiger partial charge is 0.495 e. The molecular weight excluding hydrogens is 338 g/mol. The minimum atomic E-state index is -0.169. The summed E-state index contributed by atoms with van der Waals surface area (Å²) in [6.07, 6.45) is 2.47. The van der Waals surface area contributed by atoms with Gasteiger partial charge in [0.15, 0.2) is 0 Å². The molecule has 0 bridgehead atoms. The lowest BCUT2D eigenvalue weighted by molar-refractivity contribution is 0.102. The fourth-order valence-corrected chi connectivity index (χ4v) is 2.84. The predicted molar refractivity (Wildman–Crippen MR) is 109 cm³/mol. The van der Waals surface area contributed by atoms with Crippen molar-refractivity contribution >= 4 is 23.1 Å². The molecule has 0 aliphatic rings. The van der Waals surface area contributed by atoms with Crippen LogP contribution in [0.25, 0.3) is 0 Å². The van der Waals surface area contributed by atoms with E-state index in [-0.39, 0.29) is 5.91 Å². The maximum atomic E-state index is 12.7. The van der Waals surface area contributed by atoms with Gasteiger partial charge in [-0.25, -0.2) is 4.98 Å². The highest BCUT2D eigenvalue weighted by atomic mass is 16.5. The number of ether oxygens (including phenoxy) is 1. The van der Waals surface area contributed by atoms with E-state index in [4.69, 9.17) is 4.74 Å². The Kier molecular flexibility index (Phi) is 5.71. The fraction of sp³-hybridized carbons (Fsp3) is 0.182. The van der Waals surface area contributed by atoms with Gasteiger partial charge in [0.2, 0.25) is 0 Å². The second-order valence-corrected chi connectivity index (χ2v) is 6.22. The van der Waals surface area contributed by atoms with Gasteiger partial charge >= 0.3 is 0 Å². The second kappa shape index (κ2) is 8.36. The SMILES string of the molecule is CCc1ccccc1NC(=O)c1ccnc(Nc2cc(C)ccc2OC)c1. The number of nitrogens with zero attached hydrogens (tertiary/aromatic N) is 1. The van der Waals surface area contributed by atoms with Crippen molar-refractivity contribution in [3.05, 3.63) is 77.5 Å². The van der Waals surface area contributed by atoms with Crippen LogP contribution < -0.4 is 15.4 Å². The summed E-state index contributed by atoms with van der Waals surface area (Å²) in [5.41, 5.74) is 4.37. The second-order valence-electron chi connectivity index (χ2n) is 6.22. The third-order valence-corrected chi connectivity index (χ3v) is 4.29. The first kappa shape index (κ1) is 18.5. The molecule has 1 aromatic heterocycles. The third-order valence-electron chi connectivity index (χ3n) is 4.29.